The summed E-state index contributed by atoms with van der Waals surface area (Å²) in [6.07, 6.45) is 1.63. The van der Waals surface area contributed by atoms with Gasteiger partial charge >= 0.3 is 0 Å². The van der Waals surface area contributed by atoms with Crippen molar-refractivity contribution in [3.8, 4) is 0 Å². The molecule has 1 aromatic carbocycles. The molecule has 0 amide bonds. The van der Waals surface area contributed by atoms with Crippen molar-refractivity contribution in [1.82, 2.24) is 10.3 Å². The second kappa shape index (κ2) is 4.14. The Morgan fingerprint density at radius 1 is 1.30 bits per heavy atom. The molecule has 1 saturated carbocycles. The van der Waals surface area contributed by atoms with Crippen LogP contribution < -0.4 is 10.6 Å². The normalized spacial score (nSPS) is 27.3. The van der Waals surface area contributed by atoms with E-state index in [1.165, 1.54) is 6.07 Å². The van der Waals surface area contributed by atoms with Gasteiger partial charge in [-0.25, -0.2) is 4.98 Å². The summed E-state index contributed by atoms with van der Waals surface area (Å²) in [5.41, 5.74) is 1.45. The lowest BCUT2D eigenvalue weighted by molar-refractivity contribution is -0.383. The quantitative estimate of drug-likeness (QED) is 0.656. The number of nitro benzene ring substituents is 1. The molecule has 0 bridgehead atoms. The van der Waals surface area contributed by atoms with Gasteiger partial charge in [0.05, 0.1) is 4.92 Å². The van der Waals surface area contributed by atoms with Crippen molar-refractivity contribution < 1.29 is 4.92 Å². The van der Waals surface area contributed by atoms with Crippen LogP contribution in [-0.4, -0.2) is 29.0 Å². The van der Waals surface area contributed by atoms with Crippen molar-refractivity contribution >= 4 is 22.3 Å². The average Bonchev–Trinajstić information content (AvgIpc) is 2.88. The number of hydrogen-bond acceptors (Lipinski definition) is 5. The van der Waals surface area contributed by atoms with Crippen molar-refractivity contribution in [3.63, 3.8) is 0 Å². The number of pyridine rings is 1. The van der Waals surface area contributed by atoms with Crippen molar-refractivity contribution in [1.29, 1.82) is 0 Å². The van der Waals surface area contributed by atoms with Crippen LogP contribution in [0, 0.1) is 22.0 Å². The molecule has 20 heavy (non-hydrogen) atoms. The molecule has 4 rings (SSSR count). The predicted octanol–water partition coefficient (Wildman–Crippen LogP) is 1.77. The van der Waals surface area contributed by atoms with Crippen LogP contribution in [0.4, 0.5) is 11.4 Å². The first-order valence-electron chi connectivity index (χ1n) is 6.75. The maximum Gasteiger partial charge on any atom is 0.295 e. The van der Waals surface area contributed by atoms with Crippen molar-refractivity contribution in [2.24, 2.45) is 11.8 Å². The van der Waals surface area contributed by atoms with E-state index in [-0.39, 0.29) is 10.6 Å². The molecule has 0 spiro atoms. The Hall–Kier alpha value is -2.21. The Morgan fingerprint density at radius 2 is 2.10 bits per heavy atom. The van der Waals surface area contributed by atoms with E-state index in [0.29, 0.717) is 23.4 Å². The number of hydrogen-bond donors (Lipinski definition) is 2. The molecule has 2 N–H and O–H groups in total. The minimum absolute atomic E-state index is 0.0591. The first-order chi connectivity index (χ1) is 9.75. The third-order valence-corrected chi connectivity index (χ3v) is 4.36. The first kappa shape index (κ1) is 11.6. The highest BCUT2D eigenvalue weighted by molar-refractivity contribution is 5.96. The van der Waals surface area contributed by atoms with Gasteiger partial charge in [0.25, 0.3) is 5.69 Å². The van der Waals surface area contributed by atoms with Crippen molar-refractivity contribution in [2.45, 2.75) is 6.04 Å². The van der Waals surface area contributed by atoms with E-state index in [0.717, 1.165) is 24.2 Å². The summed E-state index contributed by atoms with van der Waals surface area (Å²) < 4.78 is 0. The standard InChI is InChI=1S/C14H14N4O2/c19-18(20)12-3-1-2-8-11(4-5-16-14(8)12)17-13-9-6-15-7-10(9)13/h1-5,9-10,13,15H,6-7H2,(H,16,17). The molecule has 2 unspecified atom stereocenters. The number of para-hydroxylation sites is 1. The molecule has 6 heteroatoms. The van der Waals surface area contributed by atoms with Crippen LogP contribution in [0.15, 0.2) is 30.5 Å². The van der Waals surface area contributed by atoms with Crippen LogP contribution in [0.2, 0.25) is 0 Å². The fraction of sp³-hybridized carbons (Fsp3) is 0.357. The third kappa shape index (κ3) is 1.65. The second-order valence-electron chi connectivity index (χ2n) is 5.45. The van der Waals surface area contributed by atoms with Gasteiger partial charge in [-0.15, -0.1) is 0 Å². The fourth-order valence-corrected chi connectivity index (χ4v) is 3.25. The highest BCUT2D eigenvalue weighted by atomic mass is 16.6. The second-order valence-corrected chi connectivity index (χ2v) is 5.45. The Bertz CT molecular complexity index is 693. The maximum atomic E-state index is 11.1. The number of piperidine rings is 1. The lowest BCUT2D eigenvalue weighted by Crippen LogP contribution is -2.21. The van der Waals surface area contributed by atoms with Gasteiger partial charge in [0.2, 0.25) is 0 Å². The molecular weight excluding hydrogens is 256 g/mol. The van der Waals surface area contributed by atoms with E-state index in [1.807, 2.05) is 12.1 Å². The molecule has 1 aliphatic heterocycles. The van der Waals surface area contributed by atoms with Gasteiger partial charge in [-0.2, -0.15) is 0 Å². The van der Waals surface area contributed by atoms with Gasteiger partial charge in [-0.1, -0.05) is 12.1 Å². The van der Waals surface area contributed by atoms with E-state index in [4.69, 9.17) is 0 Å². The van der Waals surface area contributed by atoms with E-state index in [9.17, 15) is 10.1 Å². The van der Waals surface area contributed by atoms with E-state index in [2.05, 4.69) is 15.6 Å². The molecule has 2 aromatic rings. The molecule has 1 saturated heterocycles. The molecule has 2 atom stereocenters. The lowest BCUT2D eigenvalue weighted by atomic mass is 10.1. The molecule has 0 radical (unpaired) electrons. The zero-order valence-electron chi connectivity index (χ0n) is 10.7. The van der Waals surface area contributed by atoms with Crippen LogP contribution in [0.25, 0.3) is 10.9 Å². The Balaban J connectivity index is 1.73. The number of nitro groups is 1. The molecule has 2 aliphatic rings. The summed E-state index contributed by atoms with van der Waals surface area (Å²) in [4.78, 5) is 14.8. The highest BCUT2D eigenvalue weighted by Crippen LogP contribution is 2.44. The number of nitrogens with zero attached hydrogens (tertiary/aromatic N) is 2. The number of nitrogens with one attached hydrogen (secondary N) is 2. The van der Waals surface area contributed by atoms with Gasteiger partial charge in [-0.05, 0) is 17.9 Å². The van der Waals surface area contributed by atoms with Crippen LogP contribution in [0.1, 0.15) is 0 Å². The zero-order valence-corrected chi connectivity index (χ0v) is 10.7. The van der Waals surface area contributed by atoms with Crippen LogP contribution in [0.3, 0.4) is 0 Å². The Morgan fingerprint density at radius 3 is 2.85 bits per heavy atom. The monoisotopic (exact) mass is 270 g/mol. The lowest BCUT2D eigenvalue weighted by Gasteiger charge is -2.11. The number of non-ortho nitro benzene ring substituents is 1. The SMILES string of the molecule is O=[N+]([O-])c1cccc2c(NC3C4CNCC43)ccnc12. The summed E-state index contributed by atoms with van der Waals surface area (Å²) in [6.45, 7) is 2.12. The number of aromatic nitrogens is 1. The number of rotatable bonds is 3. The minimum atomic E-state index is -0.380. The topological polar surface area (TPSA) is 80.1 Å². The molecule has 1 aromatic heterocycles. The number of fused-ring (bicyclic) bond motifs is 2. The van der Waals surface area contributed by atoms with Crippen LogP contribution in [0.5, 0.6) is 0 Å². The molecule has 6 nitrogen and oxygen atoms in total. The molecule has 102 valence electrons. The van der Waals surface area contributed by atoms with Gasteiger partial charge < -0.3 is 10.6 Å². The molecular formula is C14H14N4O2. The van der Waals surface area contributed by atoms with E-state index >= 15 is 0 Å². The van der Waals surface area contributed by atoms with Crippen molar-refractivity contribution in [3.05, 3.63) is 40.6 Å². The number of anilines is 1. The summed E-state index contributed by atoms with van der Waals surface area (Å²) in [7, 11) is 0. The molecule has 1 aliphatic carbocycles. The third-order valence-electron chi connectivity index (χ3n) is 4.36. The Kier molecular flexibility index (Phi) is 2.40. The summed E-state index contributed by atoms with van der Waals surface area (Å²) >= 11 is 0. The van der Waals surface area contributed by atoms with Gasteiger partial charge in [0, 0.05) is 42.5 Å². The van der Waals surface area contributed by atoms with Crippen LogP contribution in [-0.2, 0) is 0 Å². The average molecular weight is 270 g/mol. The molecule has 2 heterocycles. The van der Waals surface area contributed by atoms with E-state index < -0.39 is 0 Å². The van der Waals surface area contributed by atoms with Gasteiger partial charge in [0.15, 0.2) is 0 Å². The van der Waals surface area contributed by atoms with Gasteiger partial charge in [-0.3, -0.25) is 10.1 Å². The first-order valence-corrected chi connectivity index (χ1v) is 6.75. The van der Waals surface area contributed by atoms with E-state index in [1.54, 1.807) is 12.3 Å². The van der Waals surface area contributed by atoms with Crippen molar-refractivity contribution in [2.75, 3.05) is 18.4 Å². The smallest absolute Gasteiger partial charge is 0.295 e. The Labute approximate surface area is 115 Å². The van der Waals surface area contributed by atoms with Gasteiger partial charge in [0.1, 0.15) is 5.52 Å². The fourth-order valence-electron chi connectivity index (χ4n) is 3.25. The minimum Gasteiger partial charge on any atom is -0.381 e. The summed E-state index contributed by atoms with van der Waals surface area (Å²) in [5.74, 6) is 1.38. The highest BCUT2D eigenvalue weighted by Gasteiger charge is 2.52. The largest absolute Gasteiger partial charge is 0.381 e. The summed E-state index contributed by atoms with van der Waals surface area (Å²) in [5, 5.41) is 18.8. The predicted molar refractivity (Wildman–Crippen MR) is 75.7 cm³/mol. The van der Waals surface area contributed by atoms with Crippen LogP contribution >= 0.6 is 0 Å². The number of benzene rings is 1. The zero-order chi connectivity index (χ0) is 13.7. The maximum absolute atomic E-state index is 11.1. The summed E-state index contributed by atoms with van der Waals surface area (Å²) in [6, 6.07) is 7.47. The molecule has 2 fully saturated rings.